The molecule has 0 atom stereocenters. The van der Waals surface area contributed by atoms with Crippen LogP contribution in [0.1, 0.15) is 37.6 Å². The molecule has 0 bridgehead atoms. The number of aryl methyl sites for hydroxylation is 1. The number of unbranched alkanes of at least 4 members (excludes halogenated alkanes) is 1. The summed E-state index contributed by atoms with van der Waals surface area (Å²) in [6.45, 7) is 4.07. The van der Waals surface area contributed by atoms with Crippen molar-refractivity contribution >= 4 is 16.1 Å². The van der Waals surface area contributed by atoms with Gasteiger partial charge in [-0.15, -0.1) is 0 Å². The van der Waals surface area contributed by atoms with Gasteiger partial charge in [0.15, 0.2) is 0 Å². The zero-order valence-corrected chi connectivity index (χ0v) is 15.5. The number of nitrogens with zero attached hydrogens (tertiary/aromatic N) is 4. The van der Waals surface area contributed by atoms with Crippen LogP contribution >= 0.6 is 0 Å². The van der Waals surface area contributed by atoms with Crippen molar-refractivity contribution in [3.63, 3.8) is 0 Å². The Morgan fingerprint density at radius 1 is 1.38 bits per heavy atom. The summed E-state index contributed by atoms with van der Waals surface area (Å²) in [7, 11) is 0.218. The van der Waals surface area contributed by atoms with Crippen molar-refractivity contribution in [1.82, 2.24) is 24.3 Å². The van der Waals surface area contributed by atoms with E-state index in [-0.39, 0.29) is 18.3 Å². The smallest absolute Gasteiger partial charge is 0.319 e. The molecule has 0 fully saturated rings. The van der Waals surface area contributed by atoms with Crippen LogP contribution in [0.2, 0.25) is 0 Å². The quantitative estimate of drug-likeness (QED) is 0.822. The van der Waals surface area contributed by atoms with Crippen LogP contribution in [0.4, 0.5) is 4.79 Å². The summed E-state index contributed by atoms with van der Waals surface area (Å²) in [5, 5.41) is 4.47. The number of carbonyl (C=O) groups is 1. The average molecular weight is 357 g/mol. The fourth-order valence-corrected chi connectivity index (χ4v) is 3.83. The lowest BCUT2D eigenvalue weighted by Crippen LogP contribution is -2.38. The molecule has 136 valence electrons. The Bertz CT molecular complexity index is 669. The third-order valence-electron chi connectivity index (χ3n) is 3.96. The number of aromatic nitrogens is 2. The summed E-state index contributed by atoms with van der Waals surface area (Å²) in [6, 6.07) is 1.86. The van der Waals surface area contributed by atoms with Crippen molar-refractivity contribution in [2.24, 2.45) is 0 Å². The molecule has 1 aromatic rings. The highest BCUT2D eigenvalue weighted by molar-refractivity contribution is 7.89. The zero-order chi connectivity index (χ0) is 17.7. The van der Waals surface area contributed by atoms with Gasteiger partial charge in [-0.1, -0.05) is 13.3 Å². The maximum absolute atomic E-state index is 12.2. The molecule has 0 spiro atoms. The van der Waals surface area contributed by atoms with Crippen LogP contribution in [0.25, 0.3) is 0 Å². The van der Waals surface area contributed by atoms with Gasteiger partial charge in [0.2, 0.25) is 10.0 Å². The van der Waals surface area contributed by atoms with Gasteiger partial charge < -0.3 is 9.80 Å². The standard InChI is InChI=1S/C15H27N5O3S/c1-4-5-9-24(22,23)16-11-13-10-14-12-19(15(21)18(2)3)7-6-8-20(14)17-13/h10,16H,4-9,11-12H2,1-3H3. The van der Waals surface area contributed by atoms with Crippen LogP contribution in [-0.4, -0.2) is 60.4 Å². The number of carbonyl (C=O) groups excluding carboxylic acids is 1. The molecular weight excluding hydrogens is 330 g/mol. The summed E-state index contributed by atoms with van der Waals surface area (Å²) >= 11 is 0. The lowest BCUT2D eigenvalue weighted by Gasteiger charge is -2.23. The molecule has 0 saturated carbocycles. The van der Waals surface area contributed by atoms with Gasteiger partial charge in [-0.2, -0.15) is 5.10 Å². The van der Waals surface area contributed by atoms with E-state index in [4.69, 9.17) is 0 Å². The maximum Gasteiger partial charge on any atom is 0.319 e. The van der Waals surface area contributed by atoms with E-state index in [0.717, 1.165) is 25.1 Å². The molecule has 24 heavy (non-hydrogen) atoms. The first-order valence-electron chi connectivity index (χ1n) is 8.31. The highest BCUT2D eigenvalue weighted by Gasteiger charge is 2.22. The zero-order valence-electron chi connectivity index (χ0n) is 14.7. The lowest BCUT2D eigenvalue weighted by atomic mass is 10.3. The molecule has 0 radical (unpaired) electrons. The Labute approximate surface area is 143 Å². The normalized spacial score (nSPS) is 15.0. The average Bonchev–Trinajstić information content (AvgIpc) is 2.81. The molecule has 1 aliphatic rings. The minimum atomic E-state index is -3.26. The number of hydrogen-bond acceptors (Lipinski definition) is 4. The van der Waals surface area contributed by atoms with Crippen LogP contribution < -0.4 is 4.72 Å². The fraction of sp³-hybridized carbons (Fsp3) is 0.733. The second-order valence-corrected chi connectivity index (χ2v) is 8.22. The third kappa shape index (κ3) is 4.94. The number of hydrogen-bond donors (Lipinski definition) is 1. The number of sulfonamides is 1. The molecule has 8 nitrogen and oxygen atoms in total. The Morgan fingerprint density at radius 2 is 2.12 bits per heavy atom. The van der Waals surface area contributed by atoms with Crippen LogP contribution in [0.3, 0.4) is 0 Å². The van der Waals surface area contributed by atoms with Crippen molar-refractivity contribution in [1.29, 1.82) is 0 Å². The number of amides is 2. The van der Waals surface area contributed by atoms with Crippen molar-refractivity contribution in [2.45, 2.75) is 45.8 Å². The number of rotatable bonds is 6. The summed E-state index contributed by atoms with van der Waals surface area (Å²) in [5.41, 5.74) is 1.62. The van der Waals surface area contributed by atoms with Crippen molar-refractivity contribution < 1.29 is 13.2 Å². The predicted molar refractivity (Wildman–Crippen MR) is 91.9 cm³/mol. The largest absolute Gasteiger partial charge is 0.331 e. The van der Waals surface area contributed by atoms with Gasteiger partial charge in [0.1, 0.15) is 0 Å². The van der Waals surface area contributed by atoms with Crippen molar-refractivity contribution in [2.75, 3.05) is 26.4 Å². The molecule has 1 N–H and O–H groups in total. The minimum Gasteiger partial charge on any atom is -0.331 e. The molecule has 2 amide bonds. The molecule has 2 rings (SSSR count). The Hall–Kier alpha value is -1.61. The van der Waals surface area contributed by atoms with E-state index in [0.29, 0.717) is 25.2 Å². The molecule has 0 aromatic carbocycles. The van der Waals surface area contributed by atoms with Crippen LogP contribution in [0.5, 0.6) is 0 Å². The summed E-state index contributed by atoms with van der Waals surface area (Å²) < 4.78 is 28.2. The molecule has 1 aliphatic heterocycles. The molecule has 0 aliphatic carbocycles. The van der Waals surface area contributed by atoms with Crippen molar-refractivity contribution in [3.8, 4) is 0 Å². The first-order valence-corrected chi connectivity index (χ1v) is 9.97. The van der Waals surface area contributed by atoms with Gasteiger partial charge in [-0.3, -0.25) is 4.68 Å². The highest BCUT2D eigenvalue weighted by atomic mass is 32.2. The predicted octanol–water partition coefficient (Wildman–Crippen LogP) is 0.990. The number of nitrogens with one attached hydrogen (secondary N) is 1. The van der Waals surface area contributed by atoms with Gasteiger partial charge in [0.25, 0.3) is 0 Å². The van der Waals surface area contributed by atoms with Gasteiger partial charge in [-0.25, -0.2) is 17.9 Å². The molecule has 9 heteroatoms. The van der Waals surface area contributed by atoms with Crippen LogP contribution in [-0.2, 0) is 29.7 Å². The molecular formula is C15H27N5O3S. The molecule has 2 heterocycles. The Balaban J connectivity index is 2.02. The van der Waals surface area contributed by atoms with E-state index in [2.05, 4.69) is 9.82 Å². The first-order chi connectivity index (χ1) is 11.3. The highest BCUT2D eigenvalue weighted by Crippen LogP contribution is 2.15. The fourth-order valence-electron chi connectivity index (χ4n) is 2.64. The van der Waals surface area contributed by atoms with Gasteiger partial charge >= 0.3 is 6.03 Å². The second-order valence-electron chi connectivity index (χ2n) is 6.30. The Morgan fingerprint density at radius 3 is 2.79 bits per heavy atom. The molecule has 0 unspecified atom stereocenters. The van der Waals surface area contributed by atoms with Crippen LogP contribution in [0.15, 0.2) is 6.07 Å². The number of fused-ring (bicyclic) bond motifs is 1. The van der Waals surface area contributed by atoms with E-state index in [9.17, 15) is 13.2 Å². The van der Waals surface area contributed by atoms with E-state index < -0.39 is 10.0 Å². The summed E-state index contributed by atoms with van der Waals surface area (Å²) in [4.78, 5) is 15.5. The third-order valence-corrected chi connectivity index (χ3v) is 5.37. The minimum absolute atomic E-state index is 0.0218. The lowest BCUT2D eigenvalue weighted by molar-refractivity contribution is 0.169. The molecule has 1 aromatic heterocycles. The topological polar surface area (TPSA) is 87.5 Å². The van der Waals surface area contributed by atoms with Gasteiger partial charge in [-0.05, 0) is 18.9 Å². The monoisotopic (exact) mass is 357 g/mol. The van der Waals surface area contributed by atoms with Gasteiger partial charge in [0, 0.05) is 27.2 Å². The first kappa shape index (κ1) is 18.7. The van der Waals surface area contributed by atoms with Gasteiger partial charge in [0.05, 0.1) is 30.2 Å². The second kappa shape index (κ2) is 7.98. The molecule has 0 saturated heterocycles. The Kier molecular flexibility index (Phi) is 6.22. The summed E-state index contributed by atoms with van der Waals surface area (Å²) in [5.74, 6) is 0.141. The van der Waals surface area contributed by atoms with E-state index in [1.54, 1.807) is 23.9 Å². The number of urea groups is 1. The van der Waals surface area contributed by atoms with Crippen LogP contribution in [0, 0.1) is 0 Å². The SMILES string of the molecule is CCCCS(=O)(=O)NCc1cc2n(n1)CCCN(C(=O)N(C)C)C2. The van der Waals surface area contributed by atoms with E-state index in [1.807, 2.05) is 17.7 Å². The van der Waals surface area contributed by atoms with E-state index >= 15 is 0 Å². The van der Waals surface area contributed by atoms with E-state index in [1.165, 1.54) is 0 Å². The summed E-state index contributed by atoms with van der Waals surface area (Å²) in [6.07, 6.45) is 2.32. The maximum atomic E-state index is 12.2. The van der Waals surface area contributed by atoms with Crippen molar-refractivity contribution in [3.05, 3.63) is 17.5 Å².